The molecule has 0 aliphatic heterocycles. The number of nitrogens with zero attached hydrogens (tertiary/aromatic N) is 2. The van der Waals surface area contributed by atoms with Crippen molar-refractivity contribution in [2.24, 2.45) is 0 Å². The van der Waals surface area contributed by atoms with Gasteiger partial charge < -0.3 is 10.2 Å². The van der Waals surface area contributed by atoms with Crippen molar-refractivity contribution in [1.29, 1.82) is 0 Å². The minimum absolute atomic E-state index is 0.120. The molecule has 0 bridgehead atoms. The highest BCUT2D eigenvalue weighted by Gasteiger charge is 2.33. The molecule has 0 saturated carbocycles. The van der Waals surface area contributed by atoms with Crippen molar-refractivity contribution in [3.05, 3.63) is 95.6 Å². The Morgan fingerprint density at radius 3 is 2.28 bits per heavy atom. The molecule has 150 valence electrons. The average molecular weight is 419 g/mol. The number of aromatic nitrogens is 1. The molecule has 2 aromatic carbocycles. The van der Waals surface area contributed by atoms with Crippen LogP contribution in [0.25, 0.3) is 0 Å². The lowest BCUT2D eigenvalue weighted by Crippen LogP contribution is -2.34. The molecule has 0 radical (unpaired) electrons. The SMILES string of the molecule is Fc1ccc(CN(Cc2cccnc2)C(=S)Nc2ccccc2C(F)(F)F)cc1. The third-order valence-electron chi connectivity index (χ3n) is 4.14. The van der Waals surface area contributed by atoms with E-state index >= 15 is 0 Å². The first-order chi connectivity index (χ1) is 13.8. The minimum Gasteiger partial charge on any atom is -0.340 e. The van der Waals surface area contributed by atoms with Crippen LogP contribution >= 0.6 is 12.2 Å². The number of hydrogen-bond acceptors (Lipinski definition) is 2. The van der Waals surface area contributed by atoms with Crippen molar-refractivity contribution >= 4 is 23.0 Å². The molecule has 0 atom stereocenters. The Morgan fingerprint density at radius 2 is 1.62 bits per heavy atom. The number of anilines is 1. The van der Waals surface area contributed by atoms with Crippen LogP contribution in [0.15, 0.2) is 73.1 Å². The lowest BCUT2D eigenvalue weighted by Gasteiger charge is -2.27. The molecule has 3 aromatic rings. The van der Waals surface area contributed by atoms with Gasteiger partial charge >= 0.3 is 6.18 Å². The molecule has 1 heterocycles. The average Bonchev–Trinajstić information content (AvgIpc) is 2.69. The number of rotatable bonds is 5. The maximum atomic E-state index is 13.3. The molecule has 1 N–H and O–H groups in total. The van der Waals surface area contributed by atoms with Gasteiger partial charge in [-0.15, -0.1) is 0 Å². The second-order valence-electron chi connectivity index (χ2n) is 6.32. The lowest BCUT2D eigenvalue weighted by molar-refractivity contribution is -0.136. The fraction of sp³-hybridized carbons (Fsp3) is 0.143. The summed E-state index contributed by atoms with van der Waals surface area (Å²) in [5.74, 6) is -0.368. The predicted molar refractivity (Wildman–Crippen MR) is 108 cm³/mol. The minimum atomic E-state index is -4.51. The molecule has 0 spiro atoms. The first-order valence-corrected chi connectivity index (χ1v) is 9.09. The Hall–Kier alpha value is -3.00. The van der Waals surface area contributed by atoms with Gasteiger partial charge in [-0.3, -0.25) is 4.98 Å². The van der Waals surface area contributed by atoms with Gasteiger partial charge in [0, 0.05) is 25.5 Å². The van der Waals surface area contributed by atoms with Gasteiger partial charge in [-0.1, -0.05) is 30.3 Å². The van der Waals surface area contributed by atoms with Crippen molar-refractivity contribution in [3.8, 4) is 0 Å². The van der Waals surface area contributed by atoms with E-state index in [1.54, 1.807) is 35.5 Å². The zero-order chi connectivity index (χ0) is 20.9. The quantitative estimate of drug-likeness (QED) is 0.428. The topological polar surface area (TPSA) is 28.2 Å². The summed E-state index contributed by atoms with van der Waals surface area (Å²) in [5, 5.41) is 2.83. The molecule has 0 aliphatic carbocycles. The van der Waals surface area contributed by atoms with Gasteiger partial charge in [0.1, 0.15) is 5.82 Å². The van der Waals surface area contributed by atoms with E-state index in [-0.39, 0.29) is 23.2 Å². The number of hydrogen-bond donors (Lipinski definition) is 1. The number of alkyl halides is 3. The summed E-state index contributed by atoms with van der Waals surface area (Å²) in [6.07, 6.45) is -1.22. The van der Waals surface area contributed by atoms with E-state index in [4.69, 9.17) is 12.2 Å². The highest BCUT2D eigenvalue weighted by molar-refractivity contribution is 7.80. The van der Waals surface area contributed by atoms with Crippen LogP contribution in [0, 0.1) is 5.82 Å². The first kappa shape index (κ1) is 20.7. The van der Waals surface area contributed by atoms with E-state index in [2.05, 4.69) is 10.3 Å². The first-order valence-electron chi connectivity index (χ1n) is 8.68. The highest BCUT2D eigenvalue weighted by Crippen LogP contribution is 2.34. The summed E-state index contributed by atoms with van der Waals surface area (Å²) in [5.41, 5.74) is 0.678. The van der Waals surface area contributed by atoms with Crippen LogP contribution in [0.3, 0.4) is 0 Å². The molecular weight excluding hydrogens is 402 g/mol. The van der Waals surface area contributed by atoms with Crippen LogP contribution in [-0.4, -0.2) is 15.0 Å². The normalized spacial score (nSPS) is 11.2. The van der Waals surface area contributed by atoms with Crippen molar-refractivity contribution < 1.29 is 17.6 Å². The Bertz CT molecular complexity index is 960. The summed E-state index contributed by atoms with van der Waals surface area (Å²) < 4.78 is 53.1. The zero-order valence-corrected chi connectivity index (χ0v) is 16.0. The summed E-state index contributed by atoms with van der Waals surface area (Å²) in [4.78, 5) is 5.76. The van der Waals surface area contributed by atoms with E-state index in [1.807, 2.05) is 6.07 Å². The molecule has 0 unspecified atom stereocenters. The van der Waals surface area contributed by atoms with Crippen LogP contribution in [0.5, 0.6) is 0 Å². The lowest BCUT2D eigenvalue weighted by atomic mass is 10.1. The highest BCUT2D eigenvalue weighted by atomic mass is 32.1. The maximum Gasteiger partial charge on any atom is 0.418 e. The molecule has 0 aliphatic rings. The fourth-order valence-electron chi connectivity index (χ4n) is 2.76. The molecule has 0 fully saturated rings. The molecule has 8 heteroatoms. The number of thiocarbonyl (C=S) groups is 1. The summed E-state index contributed by atoms with van der Waals surface area (Å²) in [6, 6.07) is 14.6. The molecule has 29 heavy (non-hydrogen) atoms. The van der Waals surface area contributed by atoms with Gasteiger partial charge in [0.2, 0.25) is 0 Å². The van der Waals surface area contributed by atoms with Crippen molar-refractivity contribution in [2.75, 3.05) is 5.32 Å². The molecule has 3 rings (SSSR count). The number of benzene rings is 2. The largest absolute Gasteiger partial charge is 0.418 e. The Morgan fingerprint density at radius 1 is 0.931 bits per heavy atom. The zero-order valence-electron chi connectivity index (χ0n) is 15.2. The third kappa shape index (κ3) is 5.74. The van der Waals surface area contributed by atoms with Gasteiger partial charge in [0.05, 0.1) is 11.3 Å². The van der Waals surface area contributed by atoms with Crippen LogP contribution in [0.2, 0.25) is 0 Å². The third-order valence-corrected chi connectivity index (χ3v) is 4.50. The summed E-state index contributed by atoms with van der Waals surface area (Å²) in [6.45, 7) is 0.612. The molecule has 3 nitrogen and oxygen atoms in total. The Kier molecular flexibility index (Phi) is 6.43. The van der Waals surface area contributed by atoms with Gasteiger partial charge in [0.25, 0.3) is 0 Å². The second-order valence-corrected chi connectivity index (χ2v) is 6.70. The van der Waals surface area contributed by atoms with E-state index in [9.17, 15) is 17.6 Å². The van der Waals surface area contributed by atoms with Crippen molar-refractivity contribution in [3.63, 3.8) is 0 Å². The fourth-order valence-corrected chi connectivity index (χ4v) is 2.99. The van der Waals surface area contributed by atoms with Gasteiger partial charge in [-0.25, -0.2) is 4.39 Å². The van der Waals surface area contributed by atoms with Crippen LogP contribution in [0.1, 0.15) is 16.7 Å². The molecule has 1 aromatic heterocycles. The standard InChI is InChI=1S/C21H17F4N3S/c22-17-9-7-15(8-10-17)13-28(14-16-4-3-11-26-12-16)20(29)27-19-6-2-1-5-18(19)21(23,24)25/h1-12H,13-14H2,(H,27,29). The van der Waals surface area contributed by atoms with Gasteiger partial charge in [-0.2, -0.15) is 13.2 Å². The van der Waals surface area contributed by atoms with Crippen molar-refractivity contribution in [1.82, 2.24) is 9.88 Å². The molecular formula is C21H17F4N3S. The number of pyridine rings is 1. The van der Waals surface area contributed by atoms with E-state index in [0.29, 0.717) is 6.54 Å². The molecule has 0 amide bonds. The Balaban J connectivity index is 1.85. The Labute approximate surface area is 171 Å². The number of para-hydroxylation sites is 1. The van der Waals surface area contributed by atoms with Crippen LogP contribution < -0.4 is 5.32 Å². The predicted octanol–water partition coefficient (Wildman–Crippen LogP) is 5.64. The summed E-state index contributed by atoms with van der Waals surface area (Å²) >= 11 is 5.42. The second kappa shape index (κ2) is 9.00. The van der Waals surface area contributed by atoms with E-state index in [0.717, 1.165) is 17.2 Å². The van der Waals surface area contributed by atoms with E-state index in [1.165, 1.54) is 30.3 Å². The smallest absolute Gasteiger partial charge is 0.340 e. The van der Waals surface area contributed by atoms with Gasteiger partial charge in [-0.05, 0) is 53.7 Å². The van der Waals surface area contributed by atoms with Crippen LogP contribution in [-0.2, 0) is 19.3 Å². The van der Waals surface area contributed by atoms with Crippen molar-refractivity contribution in [2.45, 2.75) is 19.3 Å². The summed E-state index contributed by atoms with van der Waals surface area (Å²) in [7, 11) is 0. The van der Waals surface area contributed by atoms with Crippen LogP contribution in [0.4, 0.5) is 23.2 Å². The number of halogens is 4. The maximum absolute atomic E-state index is 13.3. The van der Waals surface area contributed by atoms with E-state index < -0.39 is 11.7 Å². The van der Waals surface area contributed by atoms with Gasteiger partial charge in [0.15, 0.2) is 5.11 Å². The number of nitrogens with one attached hydrogen (secondary N) is 1. The monoisotopic (exact) mass is 419 g/mol. The molecule has 0 saturated heterocycles.